The lowest BCUT2D eigenvalue weighted by Crippen LogP contribution is -2.47. The van der Waals surface area contributed by atoms with Gasteiger partial charge in [0.05, 0.1) is 10.7 Å². The predicted octanol–water partition coefficient (Wildman–Crippen LogP) is 1.73. The van der Waals surface area contributed by atoms with E-state index in [1.807, 2.05) is 12.1 Å². The van der Waals surface area contributed by atoms with Crippen molar-refractivity contribution in [2.24, 2.45) is 0 Å². The highest BCUT2D eigenvalue weighted by molar-refractivity contribution is 6.33. The number of halogens is 1. The molecule has 1 atom stereocenters. The lowest BCUT2D eigenvalue weighted by atomic mass is 10.1. The Labute approximate surface area is 139 Å². The Bertz CT molecular complexity index is 652. The van der Waals surface area contributed by atoms with Crippen molar-refractivity contribution in [3.63, 3.8) is 0 Å². The number of benzene rings is 1. The van der Waals surface area contributed by atoms with Gasteiger partial charge in [-0.25, -0.2) is 0 Å². The molecule has 0 aliphatic carbocycles. The van der Waals surface area contributed by atoms with E-state index < -0.39 is 6.04 Å². The molecule has 7 heteroatoms. The van der Waals surface area contributed by atoms with Gasteiger partial charge in [0.1, 0.15) is 11.8 Å². The summed E-state index contributed by atoms with van der Waals surface area (Å²) in [5.41, 5.74) is 1.63. The summed E-state index contributed by atoms with van der Waals surface area (Å²) in [6.45, 7) is 1.36. The highest BCUT2D eigenvalue weighted by Crippen LogP contribution is 2.31. The van der Waals surface area contributed by atoms with E-state index in [1.165, 1.54) is 0 Å². The predicted molar refractivity (Wildman–Crippen MR) is 87.7 cm³/mol. The van der Waals surface area contributed by atoms with Crippen molar-refractivity contribution in [1.82, 2.24) is 5.32 Å². The minimum Gasteiger partial charge on any atom is -0.374 e. The lowest BCUT2D eigenvalue weighted by Gasteiger charge is -2.29. The summed E-state index contributed by atoms with van der Waals surface area (Å²) in [4.78, 5) is 36.3. The number of nitrogens with zero attached hydrogens (tertiary/aromatic N) is 1. The maximum absolute atomic E-state index is 11.8. The Balaban J connectivity index is 1.68. The van der Waals surface area contributed by atoms with Crippen LogP contribution in [0, 0.1) is 0 Å². The standard InChI is InChI=1S/C16H18ClN3O3/c17-12-9-10(18-13-2-4-15(22)19-16(13)23)1-3-14(12)20-7-5-11(21)6-8-20/h1,3,9,13,18H,2,4-8H2,(H,19,22,23). The zero-order valence-electron chi connectivity index (χ0n) is 12.6. The first-order valence-electron chi connectivity index (χ1n) is 7.69. The van der Waals surface area contributed by atoms with Crippen LogP contribution in [0.1, 0.15) is 25.7 Å². The molecule has 1 aromatic carbocycles. The molecule has 2 amide bonds. The van der Waals surface area contributed by atoms with E-state index in [0.29, 0.717) is 43.8 Å². The summed E-state index contributed by atoms with van der Waals surface area (Å²) < 4.78 is 0. The topological polar surface area (TPSA) is 78.5 Å². The minimum atomic E-state index is -0.428. The van der Waals surface area contributed by atoms with Gasteiger partial charge in [-0.3, -0.25) is 19.7 Å². The second-order valence-corrected chi connectivity index (χ2v) is 6.25. The van der Waals surface area contributed by atoms with Crippen LogP contribution in [-0.4, -0.2) is 36.7 Å². The first kappa shape index (κ1) is 15.8. The molecule has 0 bridgehead atoms. The summed E-state index contributed by atoms with van der Waals surface area (Å²) in [6, 6.07) is 5.10. The molecular formula is C16H18ClN3O3. The third-order valence-electron chi connectivity index (χ3n) is 4.19. The lowest BCUT2D eigenvalue weighted by molar-refractivity contribution is -0.133. The molecule has 2 N–H and O–H groups in total. The van der Waals surface area contributed by atoms with Gasteiger partial charge in [0.25, 0.3) is 0 Å². The van der Waals surface area contributed by atoms with Crippen LogP contribution in [0.25, 0.3) is 0 Å². The van der Waals surface area contributed by atoms with Gasteiger partial charge < -0.3 is 10.2 Å². The zero-order chi connectivity index (χ0) is 16.4. The first-order valence-corrected chi connectivity index (χ1v) is 8.07. The molecule has 3 rings (SSSR count). The average molecular weight is 336 g/mol. The summed E-state index contributed by atoms with van der Waals surface area (Å²) in [6.07, 6.45) is 1.90. The van der Waals surface area contributed by atoms with Gasteiger partial charge in [-0.05, 0) is 24.6 Å². The fourth-order valence-electron chi connectivity index (χ4n) is 2.88. The molecule has 2 heterocycles. The van der Waals surface area contributed by atoms with E-state index in [9.17, 15) is 14.4 Å². The molecule has 122 valence electrons. The minimum absolute atomic E-state index is 0.235. The highest BCUT2D eigenvalue weighted by Gasteiger charge is 2.26. The van der Waals surface area contributed by atoms with E-state index in [1.54, 1.807) is 6.07 Å². The number of ketones is 1. The number of carbonyl (C=O) groups excluding carboxylic acids is 3. The highest BCUT2D eigenvalue weighted by atomic mass is 35.5. The average Bonchev–Trinajstić information content (AvgIpc) is 2.51. The Hall–Kier alpha value is -2.08. The van der Waals surface area contributed by atoms with Crippen LogP contribution >= 0.6 is 11.6 Å². The van der Waals surface area contributed by atoms with Crippen LogP contribution in [0.5, 0.6) is 0 Å². The number of nitrogens with one attached hydrogen (secondary N) is 2. The smallest absolute Gasteiger partial charge is 0.249 e. The molecule has 0 aromatic heterocycles. The van der Waals surface area contributed by atoms with Gasteiger partial charge in [0.2, 0.25) is 11.8 Å². The molecule has 2 aliphatic heterocycles. The van der Waals surface area contributed by atoms with Crippen molar-refractivity contribution >= 4 is 40.6 Å². The largest absolute Gasteiger partial charge is 0.374 e. The number of carbonyl (C=O) groups is 3. The molecular weight excluding hydrogens is 318 g/mol. The molecule has 1 aromatic rings. The maximum atomic E-state index is 11.8. The SMILES string of the molecule is O=C1CCN(c2ccc(NC3CCC(=O)NC3=O)cc2Cl)CC1. The molecule has 2 saturated heterocycles. The van der Waals surface area contributed by atoms with Crippen molar-refractivity contribution in [1.29, 1.82) is 0 Å². The molecule has 2 fully saturated rings. The van der Waals surface area contributed by atoms with Crippen LogP contribution in [0.2, 0.25) is 5.02 Å². The molecule has 1 unspecified atom stereocenters. The number of Topliss-reactive ketones (excluding diaryl/α,β-unsaturated/α-hetero) is 1. The fourth-order valence-corrected chi connectivity index (χ4v) is 3.18. The summed E-state index contributed by atoms with van der Waals surface area (Å²) in [5, 5.41) is 6.01. The van der Waals surface area contributed by atoms with Crippen LogP contribution in [0.4, 0.5) is 11.4 Å². The fraction of sp³-hybridized carbons (Fsp3) is 0.438. The molecule has 23 heavy (non-hydrogen) atoms. The Morgan fingerprint density at radius 3 is 2.52 bits per heavy atom. The quantitative estimate of drug-likeness (QED) is 0.822. The normalized spacial score (nSPS) is 22.0. The van der Waals surface area contributed by atoms with Crippen LogP contribution in [-0.2, 0) is 14.4 Å². The van der Waals surface area contributed by atoms with Crippen LogP contribution < -0.4 is 15.5 Å². The maximum Gasteiger partial charge on any atom is 0.249 e. The van der Waals surface area contributed by atoms with Crippen molar-refractivity contribution in [2.75, 3.05) is 23.3 Å². The Morgan fingerprint density at radius 2 is 1.87 bits per heavy atom. The van der Waals surface area contributed by atoms with E-state index in [-0.39, 0.29) is 17.6 Å². The van der Waals surface area contributed by atoms with E-state index in [4.69, 9.17) is 11.6 Å². The summed E-state index contributed by atoms with van der Waals surface area (Å²) in [5.74, 6) is -0.259. The van der Waals surface area contributed by atoms with Gasteiger partial charge in [-0.2, -0.15) is 0 Å². The van der Waals surface area contributed by atoms with Crippen molar-refractivity contribution < 1.29 is 14.4 Å². The number of hydrogen-bond donors (Lipinski definition) is 2. The first-order chi connectivity index (χ1) is 11.0. The molecule has 2 aliphatic rings. The number of piperidine rings is 2. The van der Waals surface area contributed by atoms with Crippen molar-refractivity contribution in [3.05, 3.63) is 23.2 Å². The van der Waals surface area contributed by atoms with E-state index in [2.05, 4.69) is 15.5 Å². The van der Waals surface area contributed by atoms with Gasteiger partial charge in [-0.1, -0.05) is 11.6 Å². The number of anilines is 2. The Morgan fingerprint density at radius 1 is 1.13 bits per heavy atom. The van der Waals surface area contributed by atoms with E-state index >= 15 is 0 Å². The monoisotopic (exact) mass is 335 g/mol. The van der Waals surface area contributed by atoms with Crippen molar-refractivity contribution in [3.8, 4) is 0 Å². The Kier molecular flexibility index (Phi) is 4.52. The summed E-state index contributed by atoms with van der Waals surface area (Å²) >= 11 is 6.36. The summed E-state index contributed by atoms with van der Waals surface area (Å²) in [7, 11) is 0. The third kappa shape index (κ3) is 3.64. The van der Waals surface area contributed by atoms with Gasteiger partial charge in [0.15, 0.2) is 0 Å². The molecule has 6 nitrogen and oxygen atoms in total. The number of amides is 2. The van der Waals surface area contributed by atoms with Crippen LogP contribution in [0.3, 0.4) is 0 Å². The number of imide groups is 1. The molecule has 0 saturated carbocycles. The molecule has 0 spiro atoms. The van der Waals surface area contributed by atoms with Gasteiger partial charge in [0, 0.05) is 38.0 Å². The second kappa shape index (κ2) is 6.58. The van der Waals surface area contributed by atoms with Gasteiger partial charge >= 0.3 is 0 Å². The van der Waals surface area contributed by atoms with Gasteiger partial charge in [-0.15, -0.1) is 0 Å². The number of rotatable bonds is 3. The molecule has 0 radical (unpaired) electrons. The van der Waals surface area contributed by atoms with Crippen molar-refractivity contribution in [2.45, 2.75) is 31.7 Å². The van der Waals surface area contributed by atoms with Crippen LogP contribution in [0.15, 0.2) is 18.2 Å². The third-order valence-corrected chi connectivity index (χ3v) is 4.49. The van der Waals surface area contributed by atoms with E-state index in [0.717, 1.165) is 11.4 Å². The zero-order valence-corrected chi connectivity index (χ0v) is 13.4. The second-order valence-electron chi connectivity index (χ2n) is 5.84. The number of hydrogen-bond acceptors (Lipinski definition) is 5.